The van der Waals surface area contributed by atoms with Crippen LogP contribution in [0.1, 0.15) is 42.7 Å². The number of ether oxygens (including phenoxy) is 1. The van der Waals surface area contributed by atoms with E-state index in [4.69, 9.17) is 4.74 Å². The smallest absolute Gasteiger partial charge is 0.336 e. The van der Waals surface area contributed by atoms with Crippen LogP contribution < -0.4 is 5.32 Å². The lowest BCUT2D eigenvalue weighted by Gasteiger charge is -2.28. The molecule has 3 rings (SSSR count). The molecule has 0 spiro atoms. The van der Waals surface area contributed by atoms with Crippen LogP contribution in [0.5, 0.6) is 0 Å². The maximum Gasteiger partial charge on any atom is 0.336 e. The van der Waals surface area contributed by atoms with Gasteiger partial charge in [-0.05, 0) is 43.3 Å². The first-order chi connectivity index (χ1) is 13.1. The molecule has 2 heterocycles. The van der Waals surface area contributed by atoms with Crippen molar-refractivity contribution in [1.29, 1.82) is 5.26 Å². The van der Waals surface area contributed by atoms with Gasteiger partial charge < -0.3 is 10.1 Å². The number of rotatable bonds is 5. The number of carbonyl (C=O) groups excluding carboxylic acids is 1. The Morgan fingerprint density at radius 1 is 1.22 bits per heavy atom. The van der Waals surface area contributed by atoms with Crippen LogP contribution in [0.3, 0.4) is 0 Å². The maximum atomic E-state index is 12.7. The number of dihydropyridines is 1. The van der Waals surface area contributed by atoms with Crippen LogP contribution >= 0.6 is 11.3 Å². The Labute approximate surface area is 163 Å². The van der Waals surface area contributed by atoms with E-state index >= 15 is 0 Å². The van der Waals surface area contributed by atoms with Gasteiger partial charge >= 0.3 is 5.97 Å². The van der Waals surface area contributed by atoms with E-state index in [9.17, 15) is 10.1 Å². The molecule has 1 aromatic carbocycles. The topological polar surface area (TPSA) is 62.1 Å². The molecule has 1 unspecified atom stereocenters. The van der Waals surface area contributed by atoms with Crippen molar-refractivity contribution >= 4 is 17.3 Å². The zero-order valence-corrected chi connectivity index (χ0v) is 16.5. The number of carbonyl (C=O) groups is 1. The monoisotopic (exact) mass is 378 g/mol. The Kier molecular flexibility index (Phi) is 5.78. The third kappa shape index (κ3) is 3.81. The summed E-state index contributed by atoms with van der Waals surface area (Å²) in [5, 5.41) is 15.0. The average Bonchev–Trinajstić information content (AvgIpc) is 3.09. The minimum Gasteiger partial charge on any atom is -0.463 e. The van der Waals surface area contributed by atoms with Gasteiger partial charge in [0.25, 0.3) is 0 Å². The van der Waals surface area contributed by atoms with Crippen LogP contribution in [0.15, 0.2) is 64.3 Å². The first-order valence-corrected chi connectivity index (χ1v) is 9.80. The first-order valence-electron chi connectivity index (χ1n) is 8.92. The van der Waals surface area contributed by atoms with E-state index in [0.717, 1.165) is 28.3 Å². The van der Waals surface area contributed by atoms with Crippen LogP contribution in [0.25, 0.3) is 0 Å². The van der Waals surface area contributed by atoms with Gasteiger partial charge in [0.1, 0.15) is 0 Å². The number of esters is 1. The molecule has 1 aliphatic rings. The van der Waals surface area contributed by atoms with Gasteiger partial charge in [0.15, 0.2) is 0 Å². The van der Waals surface area contributed by atoms with Gasteiger partial charge in [0.2, 0.25) is 0 Å². The molecule has 138 valence electrons. The number of hydrogen-bond donors (Lipinski definition) is 1. The Bertz CT molecular complexity index is 948. The highest BCUT2D eigenvalue weighted by atomic mass is 32.1. The zero-order valence-electron chi connectivity index (χ0n) is 15.7. The quantitative estimate of drug-likeness (QED) is 0.769. The highest BCUT2D eigenvalue weighted by Gasteiger charge is 2.35. The zero-order chi connectivity index (χ0) is 19.4. The molecule has 0 fully saturated rings. The molecule has 0 saturated carbocycles. The summed E-state index contributed by atoms with van der Waals surface area (Å²) in [4.78, 5) is 13.9. The van der Waals surface area contributed by atoms with Crippen molar-refractivity contribution in [1.82, 2.24) is 5.32 Å². The minimum absolute atomic E-state index is 0.299. The van der Waals surface area contributed by atoms with Gasteiger partial charge in [-0.25, -0.2) is 4.79 Å². The number of benzene rings is 1. The van der Waals surface area contributed by atoms with E-state index in [1.807, 2.05) is 43.5 Å². The summed E-state index contributed by atoms with van der Waals surface area (Å²) >= 11 is 1.65. The molecule has 0 bridgehead atoms. The highest BCUT2D eigenvalue weighted by molar-refractivity contribution is 7.10. The van der Waals surface area contributed by atoms with Crippen molar-refractivity contribution in [2.75, 3.05) is 6.61 Å². The second-order valence-corrected chi connectivity index (χ2v) is 7.43. The lowest BCUT2D eigenvalue weighted by atomic mass is 9.80. The summed E-state index contributed by atoms with van der Waals surface area (Å²) in [5.41, 5.74) is 4.82. The summed E-state index contributed by atoms with van der Waals surface area (Å²) in [6.07, 6.45) is 0.769. The summed E-state index contributed by atoms with van der Waals surface area (Å²) in [5.74, 6) is -0.773. The van der Waals surface area contributed by atoms with E-state index in [0.29, 0.717) is 17.8 Å². The van der Waals surface area contributed by atoms with Crippen molar-refractivity contribution < 1.29 is 9.53 Å². The number of nitrogens with zero attached hydrogens (tertiary/aromatic N) is 1. The average molecular weight is 378 g/mol. The fraction of sp³-hybridized carbons (Fsp3) is 0.273. The molecule has 0 radical (unpaired) electrons. The third-order valence-corrected chi connectivity index (χ3v) is 5.61. The summed E-state index contributed by atoms with van der Waals surface area (Å²) in [6.45, 7) is 5.82. The Hall–Kier alpha value is -2.84. The largest absolute Gasteiger partial charge is 0.463 e. The van der Waals surface area contributed by atoms with Crippen LogP contribution in [-0.2, 0) is 16.0 Å². The molecule has 27 heavy (non-hydrogen) atoms. The molecule has 1 atom stereocenters. The number of thiophene rings is 1. The van der Waals surface area contributed by atoms with Gasteiger partial charge in [0.05, 0.1) is 29.7 Å². The van der Waals surface area contributed by atoms with Crippen LogP contribution in [-0.4, -0.2) is 12.6 Å². The van der Waals surface area contributed by atoms with Crippen LogP contribution in [0.4, 0.5) is 0 Å². The number of hydrogen-bond acceptors (Lipinski definition) is 5. The number of nitriles is 1. The van der Waals surface area contributed by atoms with Crippen molar-refractivity contribution in [2.45, 2.75) is 33.1 Å². The molecular weight excluding hydrogens is 356 g/mol. The van der Waals surface area contributed by atoms with Gasteiger partial charge in [-0.2, -0.15) is 5.26 Å². The van der Waals surface area contributed by atoms with E-state index in [1.165, 1.54) is 5.56 Å². The van der Waals surface area contributed by atoms with Crippen molar-refractivity contribution in [3.63, 3.8) is 0 Å². The summed E-state index contributed by atoms with van der Waals surface area (Å²) < 4.78 is 5.30. The summed E-state index contributed by atoms with van der Waals surface area (Å²) in [6, 6.07) is 14.5. The van der Waals surface area contributed by atoms with Gasteiger partial charge in [-0.1, -0.05) is 30.3 Å². The van der Waals surface area contributed by atoms with Crippen molar-refractivity contribution in [3.8, 4) is 6.07 Å². The number of nitrogens with one attached hydrogen (secondary N) is 1. The standard InChI is InChI=1S/C22H22N2O2S/c1-4-26-22(25)20-15(3)24-14(2)18(13-23)21(20)17-10-11-27-19(17)12-16-8-6-5-7-9-16/h5-11,21,24H,4,12H2,1-3H3. The SMILES string of the molecule is CCOC(=O)C1=C(C)NC(C)=C(C#N)C1c1ccsc1Cc1ccccc1. The second-order valence-electron chi connectivity index (χ2n) is 6.43. The molecule has 0 aliphatic carbocycles. The molecule has 0 saturated heterocycles. The van der Waals surface area contributed by atoms with Gasteiger partial charge in [-0.3, -0.25) is 0 Å². The Balaban J connectivity index is 2.08. The third-order valence-electron chi connectivity index (χ3n) is 4.67. The normalized spacial score (nSPS) is 16.7. The lowest BCUT2D eigenvalue weighted by Crippen LogP contribution is -2.29. The first kappa shape index (κ1) is 18.9. The van der Waals surface area contributed by atoms with E-state index < -0.39 is 5.92 Å². The molecule has 4 nitrogen and oxygen atoms in total. The van der Waals surface area contributed by atoms with E-state index in [1.54, 1.807) is 18.3 Å². The second kappa shape index (κ2) is 8.24. The van der Waals surface area contributed by atoms with E-state index in [-0.39, 0.29) is 5.97 Å². The lowest BCUT2D eigenvalue weighted by molar-refractivity contribution is -0.138. The molecule has 2 aromatic rings. The van der Waals surface area contributed by atoms with Gasteiger partial charge in [-0.15, -0.1) is 11.3 Å². The maximum absolute atomic E-state index is 12.7. The Morgan fingerprint density at radius 2 is 1.96 bits per heavy atom. The predicted octanol–water partition coefficient (Wildman–Crippen LogP) is 4.66. The molecule has 0 amide bonds. The van der Waals surface area contributed by atoms with Crippen molar-refractivity contribution in [3.05, 3.63) is 80.3 Å². The Morgan fingerprint density at radius 3 is 2.63 bits per heavy atom. The van der Waals surface area contributed by atoms with Crippen LogP contribution in [0, 0.1) is 11.3 Å². The van der Waals surface area contributed by atoms with Gasteiger partial charge in [0, 0.05) is 22.7 Å². The summed E-state index contributed by atoms with van der Waals surface area (Å²) in [7, 11) is 0. The fourth-order valence-corrected chi connectivity index (χ4v) is 4.42. The molecule has 1 N–H and O–H groups in total. The molecule has 1 aromatic heterocycles. The molecule has 5 heteroatoms. The van der Waals surface area contributed by atoms with E-state index in [2.05, 4.69) is 23.5 Å². The minimum atomic E-state index is -0.403. The number of allylic oxidation sites excluding steroid dienone is 3. The van der Waals surface area contributed by atoms with Crippen molar-refractivity contribution in [2.24, 2.45) is 0 Å². The fourth-order valence-electron chi connectivity index (χ4n) is 3.47. The predicted molar refractivity (Wildman–Crippen MR) is 107 cm³/mol. The van der Waals surface area contributed by atoms with Crippen LogP contribution in [0.2, 0.25) is 0 Å². The molecular formula is C22H22N2O2S. The highest BCUT2D eigenvalue weighted by Crippen LogP contribution is 2.41. The molecule has 1 aliphatic heterocycles.